The predicted molar refractivity (Wildman–Crippen MR) is 76.2 cm³/mol. The number of methoxy groups -OCH3 is 1. The Kier molecular flexibility index (Phi) is 5.99. The lowest BCUT2D eigenvalue weighted by atomic mass is 10.1. The van der Waals surface area contributed by atoms with E-state index >= 15 is 0 Å². The second-order valence-corrected chi connectivity index (χ2v) is 4.30. The van der Waals surface area contributed by atoms with Crippen LogP contribution in [-0.2, 0) is 0 Å². The van der Waals surface area contributed by atoms with Crippen LogP contribution in [-0.4, -0.2) is 31.9 Å². The molecule has 1 rings (SSSR count). The maximum atomic E-state index is 11.9. The van der Waals surface area contributed by atoms with E-state index in [2.05, 4.69) is 18.7 Å². The summed E-state index contributed by atoms with van der Waals surface area (Å²) in [4.78, 5) is 14.1. The Balaban J connectivity index is 3.06. The van der Waals surface area contributed by atoms with E-state index in [0.717, 1.165) is 18.8 Å². The average molecular weight is 270 g/mol. The van der Waals surface area contributed by atoms with Crippen molar-refractivity contribution < 1.29 is 9.53 Å². The third-order valence-electron chi connectivity index (χ3n) is 2.94. The molecule has 0 aromatic heterocycles. The number of carbonyl (C=O) groups excluding carboxylic acids is 1. The number of carbonyl (C=O) groups is 1. The Hall–Kier alpha value is -1.22. The lowest BCUT2D eigenvalue weighted by Crippen LogP contribution is -2.21. The van der Waals surface area contributed by atoms with Gasteiger partial charge in [0, 0.05) is 37.1 Å². The minimum atomic E-state index is 0.0212. The van der Waals surface area contributed by atoms with Crippen LogP contribution in [0.15, 0.2) is 18.2 Å². The highest BCUT2D eigenvalue weighted by Crippen LogP contribution is 2.26. The van der Waals surface area contributed by atoms with Crippen molar-refractivity contribution in [3.8, 4) is 5.75 Å². The van der Waals surface area contributed by atoms with Gasteiger partial charge in [0.15, 0.2) is 5.78 Å². The number of nitrogens with zero attached hydrogens (tertiary/aromatic N) is 1. The van der Waals surface area contributed by atoms with Gasteiger partial charge in [0.1, 0.15) is 5.75 Å². The second-order valence-electron chi connectivity index (χ2n) is 3.92. The van der Waals surface area contributed by atoms with Gasteiger partial charge >= 0.3 is 0 Å². The van der Waals surface area contributed by atoms with Crippen LogP contribution in [0.5, 0.6) is 5.75 Å². The number of hydrogen-bond acceptors (Lipinski definition) is 3. The SMILES string of the molecule is CCN(CC)c1ccc(C(=O)CCCl)c(OC)c1. The highest BCUT2D eigenvalue weighted by Gasteiger charge is 2.13. The van der Waals surface area contributed by atoms with Crippen molar-refractivity contribution in [3.05, 3.63) is 23.8 Å². The number of ether oxygens (including phenoxy) is 1. The molecule has 0 spiro atoms. The Morgan fingerprint density at radius 2 is 2.00 bits per heavy atom. The molecule has 0 bridgehead atoms. The number of halogens is 1. The van der Waals surface area contributed by atoms with Crippen molar-refractivity contribution in [3.63, 3.8) is 0 Å². The summed E-state index contributed by atoms with van der Waals surface area (Å²) >= 11 is 5.60. The number of alkyl halides is 1. The van der Waals surface area contributed by atoms with Crippen LogP contribution >= 0.6 is 11.6 Å². The van der Waals surface area contributed by atoms with E-state index in [1.165, 1.54) is 0 Å². The van der Waals surface area contributed by atoms with Gasteiger partial charge in [0.25, 0.3) is 0 Å². The number of benzene rings is 1. The van der Waals surface area contributed by atoms with Crippen molar-refractivity contribution in [2.45, 2.75) is 20.3 Å². The first kappa shape index (κ1) is 14.8. The fourth-order valence-corrected chi connectivity index (χ4v) is 2.09. The van der Waals surface area contributed by atoms with Crippen LogP contribution in [0.3, 0.4) is 0 Å². The van der Waals surface area contributed by atoms with Crippen LogP contribution in [0.1, 0.15) is 30.6 Å². The summed E-state index contributed by atoms with van der Waals surface area (Å²) in [5, 5.41) is 0. The first-order valence-electron chi connectivity index (χ1n) is 6.20. The third kappa shape index (κ3) is 3.39. The van der Waals surface area contributed by atoms with Gasteiger partial charge in [-0.25, -0.2) is 0 Å². The van der Waals surface area contributed by atoms with Crippen LogP contribution in [0.4, 0.5) is 5.69 Å². The number of ketones is 1. The molecule has 4 heteroatoms. The van der Waals surface area contributed by atoms with Gasteiger partial charge in [-0.2, -0.15) is 0 Å². The normalized spacial score (nSPS) is 10.2. The van der Waals surface area contributed by atoms with E-state index in [1.807, 2.05) is 18.2 Å². The molecule has 0 fully saturated rings. The van der Waals surface area contributed by atoms with Crippen LogP contribution in [0, 0.1) is 0 Å². The molecule has 0 unspecified atom stereocenters. The number of hydrogen-bond donors (Lipinski definition) is 0. The Morgan fingerprint density at radius 3 is 2.50 bits per heavy atom. The van der Waals surface area contributed by atoms with Gasteiger partial charge < -0.3 is 9.64 Å². The van der Waals surface area contributed by atoms with E-state index in [1.54, 1.807) is 7.11 Å². The van der Waals surface area contributed by atoms with Gasteiger partial charge in [-0.05, 0) is 26.0 Å². The number of anilines is 1. The molecule has 0 amide bonds. The van der Waals surface area contributed by atoms with E-state index in [9.17, 15) is 4.79 Å². The molecule has 100 valence electrons. The zero-order valence-electron chi connectivity index (χ0n) is 11.2. The molecule has 0 N–H and O–H groups in total. The zero-order chi connectivity index (χ0) is 13.5. The quantitative estimate of drug-likeness (QED) is 0.562. The van der Waals surface area contributed by atoms with E-state index < -0.39 is 0 Å². The Morgan fingerprint density at radius 1 is 1.33 bits per heavy atom. The van der Waals surface area contributed by atoms with Crippen molar-refractivity contribution in [2.75, 3.05) is 31.0 Å². The Labute approximate surface area is 114 Å². The van der Waals surface area contributed by atoms with E-state index in [4.69, 9.17) is 16.3 Å². The van der Waals surface area contributed by atoms with Crippen molar-refractivity contribution >= 4 is 23.1 Å². The fraction of sp³-hybridized carbons (Fsp3) is 0.500. The van der Waals surface area contributed by atoms with Crippen molar-refractivity contribution in [2.24, 2.45) is 0 Å². The molecule has 1 aromatic rings. The molecule has 1 aromatic carbocycles. The molecule has 0 aliphatic carbocycles. The Bertz CT molecular complexity index is 403. The predicted octanol–water partition coefficient (Wildman–Crippen LogP) is 3.35. The molecule has 3 nitrogen and oxygen atoms in total. The molecule has 0 aliphatic rings. The molecule has 18 heavy (non-hydrogen) atoms. The lowest BCUT2D eigenvalue weighted by molar-refractivity contribution is 0.0986. The summed E-state index contributed by atoms with van der Waals surface area (Å²) in [7, 11) is 1.58. The second kappa shape index (κ2) is 7.27. The van der Waals surface area contributed by atoms with Crippen molar-refractivity contribution in [1.82, 2.24) is 0 Å². The maximum Gasteiger partial charge on any atom is 0.167 e. The topological polar surface area (TPSA) is 29.5 Å². The third-order valence-corrected chi connectivity index (χ3v) is 3.12. The van der Waals surface area contributed by atoms with Crippen LogP contribution in [0.25, 0.3) is 0 Å². The summed E-state index contributed by atoms with van der Waals surface area (Å²) in [6.07, 6.45) is 0.336. The average Bonchev–Trinajstić information content (AvgIpc) is 2.40. The molecular formula is C14H20ClNO2. The summed E-state index contributed by atoms with van der Waals surface area (Å²) in [6, 6.07) is 5.69. The minimum Gasteiger partial charge on any atom is -0.496 e. The highest BCUT2D eigenvalue weighted by molar-refractivity contribution is 6.19. The monoisotopic (exact) mass is 269 g/mol. The lowest BCUT2D eigenvalue weighted by Gasteiger charge is -2.22. The van der Waals surface area contributed by atoms with Crippen LogP contribution < -0.4 is 9.64 Å². The smallest absolute Gasteiger partial charge is 0.167 e. The standard InChI is InChI=1S/C14H20ClNO2/c1-4-16(5-2)11-6-7-12(13(17)8-9-15)14(10-11)18-3/h6-7,10H,4-5,8-9H2,1-3H3. The van der Waals surface area contributed by atoms with E-state index in [0.29, 0.717) is 23.6 Å². The molecule has 0 saturated heterocycles. The molecule has 0 atom stereocenters. The van der Waals surface area contributed by atoms with Crippen molar-refractivity contribution in [1.29, 1.82) is 0 Å². The van der Waals surface area contributed by atoms with E-state index in [-0.39, 0.29) is 5.78 Å². The first-order chi connectivity index (χ1) is 8.67. The van der Waals surface area contributed by atoms with Gasteiger partial charge in [-0.15, -0.1) is 11.6 Å². The molecule has 0 radical (unpaired) electrons. The highest BCUT2D eigenvalue weighted by atomic mass is 35.5. The van der Waals surface area contributed by atoms with Crippen LogP contribution in [0.2, 0.25) is 0 Å². The molecular weight excluding hydrogens is 250 g/mol. The van der Waals surface area contributed by atoms with Gasteiger partial charge in [0.2, 0.25) is 0 Å². The van der Waals surface area contributed by atoms with Gasteiger partial charge in [0.05, 0.1) is 12.7 Å². The summed E-state index contributed by atoms with van der Waals surface area (Å²) < 4.78 is 5.30. The maximum absolute atomic E-state index is 11.9. The fourth-order valence-electron chi connectivity index (χ4n) is 1.92. The van der Waals surface area contributed by atoms with Gasteiger partial charge in [-0.1, -0.05) is 0 Å². The summed E-state index contributed by atoms with van der Waals surface area (Å²) in [5.41, 5.74) is 1.67. The summed E-state index contributed by atoms with van der Waals surface area (Å²) in [5.74, 6) is 0.974. The number of rotatable bonds is 7. The summed E-state index contributed by atoms with van der Waals surface area (Å²) in [6.45, 7) is 6.05. The zero-order valence-corrected chi connectivity index (χ0v) is 12.0. The minimum absolute atomic E-state index is 0.0212. The first-order valence-corrected chi connectivity index (χ1v) is 6.73. The molecule has 0 aliphatic heterocycles. The van der Waals surface area contributed by atoms with Gasteiger partial charge in [-0.3, -0.25) is 4.79 Å². The molecule has 0 saturated carbocycles. The molecule has 0 heterocycles. The number of Topliss-reactive ketones (excluding diaryl/α,β-unsaturated/α-hetero) is 1. The largest absolute Gasteiger partial charge is 0.496 e.